The van der Waals surface area contributed by atoms with Crippen LogP contribution < -0.4 is 5.73 Å². The SMILES string of the molecule is CC1(C)CCN(S(=O)(=O)c2ccc(C#CCN)cc2)C1. The van der Waals surface area contributed by atoms with Gasteiger partial charge in [0.1, 0.15) is 0 Å². The summed E-state index contributed by atoms with van der Waals surface area (Å²) in [6, 6.07) is 6.66. The summed E-state index contributed by atoms with van der Waals surface area (Å²) in [4.78, 5) is 0.327. The molecule has 2 rings (SSSR count). The Balaban J connectivity index is 2.22. The maximum Gasteiger partial charge on any atom is 0.243 e. The van der Waals surface area contributed by atoms with E-state index in [-0.39, 0.29) is 5.41 Å². The van der Waals surface area contributed by atoms with Crippen LogP contribution in [0.1, 0.15) is 25.8 Å². The summed E-state index contributed by atoms with van der Waals surface area (Å²) in [6.45, 7) is 5.64. The molecule has 4 nitrogen and oxygen atoms in total. The van der Waals surface area contributed by atoms with E-state index in [4.69, 9.17) is 5.73 Å². The summed E-state index contributed by atoms with van der Waals surface area (Å²) in [6.07, 6.45) is 0.895. The van der Waals surface area contributed by atoms with Gasteiger partial charge in [-0.1, -0.05) is 25.7 Å². The number of rotatable bonds is 2. The number of sulfonamides is 1. The Morgan fingerprint density at radius 2 is 1.95 bits per heavy atom. The third kappa shape index (κ3) is 3.21. The van der Waals surface area contributed by atoms with Crippen molar-refractivity contribution < 1.29 is 8.42 Å². The summed E-state index contributed by atoms with van der Waals surface area (Å²) in [5.74, 6) is 5.63. The average molecular weight is 292 g/mol. The van der Waals surface area contributed by atoms with Crippen LogP contribution in [0.2, 0.25) is 0 Å². The molecule has 1 aromatic carbocycles. The van der Waals surface area contributed by atoms with Crippen LogP contribution in [-0.4, -0.2) is 32.4 Å². The van der Waals surface area contributed by atoms with E-state index in [1.54, 1.807) is 28.6 Å². The third-order valence-electron chi connectivity index (χ3n) is 3.47. The number of benzene rings is 1. The molecular weight excluding hydrogens is 272 g/mol. The second kappa shape index (κ2) is 5.57. The average Bonchev–Trinajstić information content (AvgIpc) is 2.78. The number of nitrogens with zero attached hydrogens (tertiary/aromatic N) is 1. The minimum atomic E-state index is -3.39. The molecule has 0 unspecified atom stereocenters. The molecule has 0 spiro atoms. The Labute approximate surface area is 121 Å². The molecule has 0 saturated carbocycles. The lowest BCUT2D eigenvalue weighted by Gasteiger charge is -2.19. The minimum Gasteiger partial charge on any atom is -0.320 e. The van der Waals surface area contributed by atoms with Crippen LogP contribution in [0.25, 0.3) is 0 Å². The van der Waals surface area contributed by atoms with E-state index in [1.807, 2.05) is 0 Å². The lowest BCUT2D eigenvalue weighted by atomic mass is 9.93. The van der Waals surface area contributed by atoms with Crippen LogP contribution in [0, 0.1) is 17.3 Å². The summed E-state index contributed by atoms with van der Waals surface area (Å²) in [5, 5.41) is 0. The van der Waals surface area contributed by atoms with Crippen molar-refractivity contribution in [2.45, 2.75) is 25.2 Å². The third-order valence-corrected chi connectivity index (χ3v) is 5.33. The van der Waals surface area contributed by atoms with Gasteiger partial charge < -0.3 is 5.73 Å². The van der Waals surface area contributed by atoms with Crippen LogP contribution in [0.3, 0.4) is 0 Å². The van der Waals surface area contributed by atoms with E-state index in [2.05, 4.69) is 25.7 Å². The molecule has 0 bridgehead atoms. The molecule has 0 aliphatic carbocycles. The molecule has 0 radical (unpaired) electrons. The van der Waals surface area contributed by atoms with Crippen molar-refractivity contribution in [1.82, 2.24) is 4.31 Å². The number of hydrogen-bond donors (Lipinski definition) is 1. The molecule has 5 heteroatoms. The van der Waals surface area contributed by atoms with Gasteiger partial charge in [-0.25, -0.2) is 8.42 Å². The molecular formula is C15H20N2O2S. The molecule has 108 valence electrons. The van der Waals surface area contributed by atoms with Crippen molar-refractivity contribution in [3.05, 3.63) is 29.8 Å². The fraction of sp³-hybridized carbons (Fsp3) is 0.467. The van der Waals surface area contributed by atoms with Gasteiger partial charge in [0.25, 0.3) is 0 Å². The topological polar surface area (TPSA) is 63.4 Å². The quantitative estimate of drug-likeness (QED) is 0.839. The molecule has 20 heavy (non-hydrogen) atoms. The zero-order valence-corrected chi connectivity index (χ0v) is 12.7. The van der Waals surface area contributed by atoms with Gasteiger partial charge in [-0.2, -0.15) is 4.31 Å². The maximum absolute atomic E-state index is 12.5. The van der Waals surface area contributed by atoms with E-state index < -0.39 is 10.0 Å². The Morgan fingerprint density at radius 1 is 1.30 bits per heavy atom. The first-order valence-electron chi connectivity index (χ1n) is 6.64. The fourth-order valence-corrected chi connectivity index (χ4v) is 3.91. The van der Waals surface area contributed by atoms with E-state index in [9.17, 15) is 8.42 Å². The lowest BCUT2D eigenvalue weighted by molar-refractivity contribution is 0.375. The zero-order chi connectivity index (χ0) is 14.8. The van der Waals surface area contributed by atoms with Crippen molar-refractivity contribution in [2.75, 3.05) is 19.6 Å². The molecule has 1 aromatic rings. The van der Waals surface area contributed by atoms with Crippen LogP contribution in [0.4, 0.5) is 0 Å². The monoisotopic (exact) mass is 292 g/mol. The molecule has 1 aliphatic rings. The van der Waals surface area contributed by atoms with Crippen molar-refractivity contribution in [2.24, 2.45) is 11.1 Å². The highest BCUT2D eigenvalue weighted by Gasteiger charge is 2.36. The van der Waals surface area contributed by atoms with Gasteiger partial charge in [0.05, 0.1) is 11.4 Å². The first-order chi connectivity index (χ1) is 9.35. The summed E-state index contributed by atoms with van der Waals surface area (Å²) < 4.78 is 26.6. The van der Waals surface area contributed by atoms with Crippen LogP contribution in [-0.2, 0) is 10.0 Å². The van der Waals surface area contributed by atoms with Crippen LogP contribution in [0.15, 0.2) is 29.2 Å². The highest BCUT2D eigenvalue weighted by atomic mass is 32.2. The van der Waals surface area contributed by atoms with Crippen LogP contribution in [0.5, 0.6) is 0 Å². The van der Waals surface area contributed by atoms with E-state index in [0.29, 0.717) is 24.5 Å². The Hall–Kier alpha value is -1.35. The molecule has 1 heterocycles. The minimum absolute atomic E-state index is 0.0552. The molecule has 1 saturated heterocycles. The smallest absolute Gasteiger partial charge is 0.243 e. The van der Waals surface area contributed by atoms with Crippen molar-refractivity contribution >= 4 is 10.0 Å². The molecule has 2 N–H and O–H groups in total. The maximum atomic E-state index is 12.5. The van der Waals surface area contributed by atoms with Gasteiger partial charge >= 0.3 is 0 Å². The predicted octanol–water partition coefficient (Wildman–Crippen LogP) is 1.42. The summed E-state index contributed by atoms with van der Waals surface area (Å²) in [7, 11) is -3.39. The van der Waals surface area contributed by atoms with E-state index in [0.717, 1.165) is 12.0 Å². The van der Waals surface area contributed by atoms with Crippen molar-refractivity contribution in [1.29, 1.82) is 0 Å². The normalized spacial score (nSPS) is 18.6. The molecule has 0 aromatic heterocycles. The Morgan fingerprint density at radius 3 is 2.45 bits per heavy atom. The lowest BCUT2D eigenvalue weighted by Crippen LogP contribution is -2.30. The summed E-state index contributed by atoms with van der Waals surface area (Å²) >= 11 is 0. The molecule has 0 amide bonds. The van der Waals surface area contributed by atoms with Gasteiger partial charge in [-0.3, -0.25) is 0 Å². The highest BCUT2D eigenvalue weighted by Crippen LogP contribution is 2.32. The van der Waals surface area contributed by atoms with Gasteiger partial charge in [0, 0.05) is 18.7 Å². The van der Waals surface area contributed by atoms with Gasteiger partial charge in [-0.05, 0) is 36.1 Å². The second-order valence-electron chi connectivity index (χ2n) is 5.78. The van der Waals surface area contributed by atoms with Gasteiger partial charge in [-0.15, -0.1) is 0 Å². The van der Waals surface area contributed by atoms with Gasteiger partial charge in [0.15, 0.2) is 0 Å². The van der Waals surface area contributed by atoms with E-state index >= 15 is 0 Å². The summed E-state index contributed by atoms with van der Waals surface area (Å²) in [5.41, 5.74) is 6.14. The largest absolute Gasteiger partial charge is 0.320 e. The Bertz CT molecular complexity index is 637. The molecule has 1 aliphatic heterocycles. The van der Waals surface area contributed by atoms with E-state index in [1.165, 1.54) is 0 Å². The van der Waals surface area contributed by atoms with Crippen molar-refractivity contribution in [3.63, 3.8) is 0 Å². The number of nitrogens with two attached hydrogens (primary N) is 1. The standard InChI is InChI=1S/C15H20N2O2S/c1-15(2)9-11-17(12-15)20(18,19)14-7-5-13(6-8-14)4-3-10-16/h5-8H,9-12,16H2,1-2H3. The highest BCUT2D eigenvalue weighted by molar-refractivity contribution is 7.89. The van der Waals surface area contributed by atoms with Crippen molar-refractivity contribution in [3.8, 4) is 11.8 Å². The molecule has 1 fully saturated rings. The van der Waals surface area contributed by atoms with Crippen LogP contribution >= 0.6 is 0 Å². The van der Waals surface area contributed by atoms with Gasteiger partial charge in [0.2, 0.25) is 10.0 Å². The first-order valence-corrected chi connectivity index (χ1v) is 8.08. The fourth-order valence-electron chi connectivity index (χ4n) is 2.28. The zero-order valence-electron chi connectivity index (χ0n) is 11.9. The Kier molecular flexibility index (Phi) is 4.19. The number of hydrogen-bond acceptors (Lipinski definition) is 3. The second-order valence-corrected chi connectivity index (χ2v) is 7.72. The predicted molar refractivity (Wildman–Crippen MR) is 79.5 cm³/mol. The molecule has 0 atom stereocenters. The first kappa shape index (κ1) is 15.0.